The fourth-order valence-electron chi connectivity index (χ4n) is 3.02. The van der Waals surface area contributed by atoms with Gasteiger partial charge in [-0.15, -0.1) is 0 Å². The van der Waals surface area contributed by atoms with Gasteiger partial charge in [-0.25, -0.2) is 4.79 Å². The number of nitrogens with one attached hydrogen (secondary N) is 1. The highest BCUT2D eigenvalue weighted by molar-refractivity contribution is 6.31. The minimum absolute atomic E-state index is 0.0303. The van der Waals surface area contributed by atoms with E-state index in [4.69, 9.17) is 23.2 Å². The molecule has 0 aliphatic carbocycles. The summed E-state index contributed by atoms with van der Waals surface area (Å²) < 4.78 is 0. The summed E-state index contributed by atoms with van der Waals surface area (Å²) in [5, 5.41) is 3.93. The van der Waals surface area contributed by atoms with Gasteiger partial charge in [0.1, 0.15) is 0 Å². The van der Waals surface area contributed by atoms with Crippen molar-refractivity contribution in [2.24, 2.45) is 5.92 Å². The zero-order valence-corrected chi connectivity index (χ0v) is 15.1. The van der Waals surface area contributed by atoms with Gasteiger partial charge in [-0.1, -0.05) is 41.4 Å². The molecular formula is C19H18Cl2N2O2. The molecular weight excluding hydrogens is 359 g/mol. The van der Waals surface area contributed by atoms with E-state index in [9.17, 15) is 9.59 Å². The first-order chi connectivity index (χ1) is 12.0. The number of rotatable bonds is 3. The summed E-state index contributed by atoms with van der Waals surface area (Å²) in [4.78, 5) is 26.8. The molecule has 0 bridgehead atoms. The molecule has 1 heterocycles. The Kier molecular flexibility index (Phi) is 5.61. The number of piperidine rings is 1. The molecule has 6 heteroatoms. The molecule has 0 radical (unpaired) electrons. The minimum Gasteiger partial charge on any atom is -0.324 e. The van der Waals surface area contributed by atoms with Crippen LogP contribution in [0.3, 0.4) is 0 Å². The van der Waals surface area contributed by atoms with E-state index in [0.29, 0.717) is 34.4 Å². The SMILES string of the molecule is O=C(c1cccc(Cl)c1)[C@H]1CCCN(C(=O)Nc2cccc(Cl)c2)C1. The lowest BCUT2D eigenvalue weighted by Crippen LogP contribution is -2.44. The van der Waals surface area contributed by atoms with Crippen LogP contribution in [0, 0.1) is 5.92 Å². The van der Waals surface area contributed by atoms with Crippen molar-refractivity contribution < 1.29 is 9.59 Å². The second-order valence-electron chi connectivity index (χ2n) is 6.10. The smallest absolute Gasteiger partial charge is 0.321 e. The number of anilines is 1. The van der Waals surface area contributed by atoms with Gasteiger partial charge in [0.25, 0.3) is 0 Å². The predicted octanol–water partition coefficient (Wildman–Crippen LogP) is 5.12. The van der Waals surface area contributed by atoms with Crippen molar-refractivity contribution in [3.05, 3.63) is 64.1 Å². The molecule has 4 nitrogen and oxygen atoms in total. The molecule has 25 heavy (non-hydrogen) atoms. The van der Waals surface area contributed by atoms with Crippen LogP contribution in [0.4, 0.5) is 10.5 Å². The summed E-state index contributed by atoms with van der Waals surface area (Å²) in [6.07, 6.45) is 1.56. The van der Waals surface area contributed by atoms with E-state index in [0.717, 1.165) is 12.8 Å². The molecule has 0 saturated carbocycles. The first-order valence-electron chi connectivity index (χ1n) is 8.14. The lowest BCUT2D eigenvalue weighted by Gasteiger charge is -2.32. The van der Waals surface area contributed by atoms with E-state index in [1.807, 2.05) is 0 Å². The number of carbonyl (C=O) groups is 2. The van der Waals surface area contributed by atoms with Crippen molar-refractivity contribution in [3.8, 4) is 0 Å². The number of halogens is 2. The third kappa shape index (κ3) is 4.53. The molecule has 1 N–H and O–H groups in total. The summed E-state index contributed by atoms with van der Waals surface area (Å²) in [5.74, 6) is -0.180. The highest BCUT2D eigenvalue weighted by atomic mass is 35.5. The molecule has 2 amide bonds. The number of nitrogens with zero attached hydrogens (tertiary/aromatic N) is 1. The van der Waals surface area contributed by atoms with Gasteiger partial charge in [-0.3, -0.25) is 4.79 Å². The van der Waals surface area contributed by atoms with Crippen molar-refractivity contribution in [2.45, 2.75) is 12.8 Å². The highest BCUT2D eigenvalue weighted by Gasteiger charge is 2.29. The van der Waals surface area contributed by atoms with E-state index >= 15 is 0 Å². The maximum Gasteiger partial charge on any atom is 0.321 e. The van der Waals surface area contributed by atoms with Gasteiger partial charge in [0.15, 0.2) is 5.78 Å². The van der Waals surface area contributed by atoms with Crippen molar-refractivity contribution in [1.29, 1.82) is 0 Å². The van der Waals surface area contributed by atoms with Crippen LogP contribution in [0.2, 0.25) is 10.0 Å². The summed E-state index contributed by atoms with van der Waals surface area (Å²) in [6, 6.07) is 13.7. The van der Waals surface area contributed by atoms with Gasteiger partial charge >= 0.3 is 6.03 Å². The maximum absolute atomic E-state index is 12.7. The number of benzene rings is 2. The largest absolute Gasteiger partial charge is 0.324 e. The van der Waals surface area contributed by atoms with Gasteiger partial charge in [-0.05, 0) is 43.2 Å². The van der Waals surface area contributed by atoms with Crippen molar-refractivity contribution in [3.63, 3.8) is 0 Å². The maximum atomic E-state index is 12.7. The highest BCUT2D eigenvalue weighted by Crippen LogP contribution is 2.23. The molecule has 2 aromatic carbocycles. The first kappa shape index (κ1) is 17.8. The van der Waals surface area contributed by atoms with Crippen molar-refractivity contribution in [1.82, 2.24) is 4.90 Å². The number of carbonyl (C=O) groups excluding carboxylic acids is 2. The molecule has 1 aliphatic heterocycles. The predicted molar refractivity (Wildman–Crippen MR) is 101 cm³/mol. The summed E-state index contributed by atoms with van der Waals surface area (Å²) in [7, 11) is 0. The molecule has 1 atom stereocenters. The Bertz CT molecular complexity index is 794. The van der Waals surface area contributed by atoms with Crippen LogP contribution in [0.25, 0.3) is 0 Å². The van der Waals surface area contributed by atoms with Crippen LogP contribution in [0.15, 0.2) is 48.5 Å². The number of urea groups is 1. The lowest BCUT2D eigenvalue weighted by atomic mass is 9.90. The number of hydrogen-bond acceptors (Lipinski definition) is 2. The van der Waals surface area contributed by atoms with E-state index in [-0.39, 0.29) is 17.7 Å². The van der Waals surface area contributed by atoms with Gasteiger partial charge in [0.2, 0.25) is 0 Å². The third-order valence-corrected chi connectivity index (χ3v) is 4.73. The fourth-order valence-corrected chi connectivity index (χ4v) is 3.40. The average molecular weight is 377 g/mol. The number of Topliss-reactive ketones (excluding diaryl/α,β-unsaturated/α-hetero) is 1. The van der Waals surface area contributed by atoms with Crippen LogP contribution < -0.4 is 5.32 Å². The van der Waals surface area contributed by atoms with E-state index < -0.39 is 0 Å². The number of hydrogen-bond donors (Lipinski definition) is 1. The molecule has 0 unspecified atom stereocenters. The molecule has 0 aromatic heterocycles. The molecule has 1 saturated heterocycles. The second-order valence-corrected chi connectivity index (χ2v) is 6.97. The molecule has 1 fully saturated rings. The van der Waals surface area contributed by atoms with E-state index in [1.165, 1.54) is 0 Å². The minimum atomic E-state index is -0.217. The summed E-state index contributed by atoms with van der Waals surface area (Å²) in [6.45, 7) is 1.03. The quantitative estimate of drug-likeness (QED) is 0.755. The fraction of sp³-hybridized carbons (Fsp3) is 0.263. The zero-order valence-electron chi connectivity index (χ0n) is 13.5. The molecule has 0 spiro atoms. The Hall–Kier alpha value is -2.04. The van der Waals surface area contributed by atoms with E-state index in [1.54, 1.807) is 53.4 Å². The Labute approximate surface area is 156 Å². The van der Waals surface area contributed by atoms with Crippen molar-refractivity contribution in [2.75, 3.05) is 18.4 Å². The van der Waals surface area contributed by atoms with Gasteiger partial charge < -0.3 is 10.2 Å². The van der Waals surface area contributed by atoms with Crippen LogP contribution >= 0.6 is 23.2 Å². The van der Waals surface area contributed by atoms with Crippen LogP contribution in [-0.4, -0.2) is 29.8 Å². The van der Waals surface area contributed by atoms with Gasteiger partial charge in [0.05, 0.1) is 0 Å². The molecule has 1 aliphatic rings. The molecule has 2 aromatic rings. The summed E-state index contributed by atoms with van der Waals surface area (Å²) in [5.41, 5.74) is 1.23. The Morgan fingerprint density at radius 2 is 1.76 bits per heavy atom. The third-order valence-electron chi connectivity index (χ3n) is 4.26. The zero-order chi connectivity index (χ0) is 17.8. The molecule has 3 rings (SSSR count). The lowest BCUT2D eigenvalue weighted by molar-refractivity contribution is 0.0851. The molecule has 130 valence electrons. The number of likely N-dealkylation sites (tertiary alicyclic amines) is 1. The number of ketones is 1. The number of amides is 2. The average Bonchev–Trinajstić information content (AvgIpc) is 2.61. The van der Waals surface area contributed by atoms with E-state index in [2.05, 4.69) is 5.32 Å². The van der Waals surface area contributed by atoms with Crippen LogP contribution in [0.5, 0.6) is 0 Å². The summed E-state index contributed by atoms with van der Waals surface area (Å²) >= 11 is 11.9. The topological polar surface area (TPSA) is 49.4 Å². The first-order valence-corrected chi connectivity index (χ1v) is 8.90. The Morgan fingerprint density at radius 3 is 2.48 bits per heavy atom. The monoisotopic (exact) mass is 376 g/mol. The van der Waals surface area contributed by atoms with Crippen LogP contribution in [0.1, 0.15) is 23.2 Å². The normalized spacial score (nSPS) is 17.2. The van der Waals surface area contributed by atoms with Crippen molar-refractivity contribution >= 4 is 40.7 Å². The van der Waals surface area contributed by atoms with Gasteiger partial charge in [-0.2, -0.15) is 0 Å². The standard InChI is InChI=1S/C19H18Cl2N2O2/c20-15-6-1-4-13(10-15)18(24)14-5-3-9-23(12-14)19(25)22-17-8-2-7-16(21)11-17/h1-2,4,6-8,10-11,14H,3,5,9,12H2,(H,22,25)/t14-/m0/s1. The van der Waals surface area contributed by atoms with Gasteiger partial charge in [0, 0.05) is 40.3 Å². The Morgan fingerprint density at radius 1 is 1.04 bits per heavy atom. The van der Waals surface area contributed by atoms with Crippen LogP contribution in [-0.2, 0) is 0 Å². The Balaban J connectivity index is 1.66. The second kappa shape index (κ2) is 7.89.